The molecule has 1 N–H and O–H groups in total. The number of piperazine rings is 1. The minimum absolute atomic E-state index is 0.441. The van der Waals surface area contributed by atoms with Gasteiger partial charge in [-0.2, -0.15) is 0 Å². The molecular formula is C11H19N3S. The van der Waals surface area contributed by atoms with Crippen LogP contribution >= 0.6 is 11.3 Å². The molecule has 4 heteroatoms. The lowest BCUT2D eigenvalue weighted by Crippen LogP contribution is -2.54. The van der Waals surface area contributed by atoms with E-state index in [-0.39, 0.29) is 0 Å². The Kier molecular flexibility index (Phi) is 3.38. The van der Waals surface area contributed by atoms with Crippen LogP contribution in [0.2, 0.25) is 0 Å². The normalized spacial score (nSPS) is 30.3. The van der Waals surface area contributed by atoms with Crippen LogP contribution in [0.4, 0.5) is 0 Å². The highest BCUT2D eigenvalue weighted by Gasteiger charge is 2.27. The van der Waals surface area contributed by atoms with E-state index in [1.807, 2.05) is 5.51 Å². The Morgan fingerprint density at radius 2 is 2.40 bits per heavy atom. The number of rotatable bonds is 2. The molecule has 2 rings (SSSR count). The molecule has 0 radical (unpaired) electrons. The second-order valence-electron chi connectivity index (χ2n) is 4.44. The first kappa shape index (κ1) is 11.0. The van der Waals surface area contributed by atoms with Crippen molar-refractivity contribution < 1.29 is 0 Å². The third-order valence-corrected chi connectivity index (χ3v) is 3.79. The van der Waals surface area contributed by atoms with Gasteiger partial charge in [-0.1, -0.05) is 0 Å². The van der Waals surface area contributed by atoms with Gasteiger partial charge in [0, 0.05) is 30.6 Å². The van der Waals surface area contributed by atoms with Crippen molar-refractivity contribution in [2.24, 2.45) is 0 Å². The molecule has 1 fully saturated rings. The molecule has 3 unspecified atom stereocenters. The van der Waals surface area contributed by atoms with Gasteiger partial charge in [-0.25, -0.2) is 4.98 Å². The van der Waals surface area contributed by atoms with Crippen LogP contribution in [0.1, 0.15) is 32.5 Å². The fourth-order valence-corrected chi connectivity index (χ4v) is 2.83. The number of nitrogens with one attached hydrogen (secondary N) is 1. The Morgan fingerprint density at radius 1 is 1.60 bits per heavy atom. The van der Waals surface area contributed by atoms with Crippen molar-refractivity contribution in [3.05, 3.63) is 16.6 Å². The molecule has 0 saturated carbocycles. The minimum atomic E-state index is 0.441. The van der Waals surface area contributed by atoms with Crippen molar-refractivity contribution in [1.29, 1.82) is 0 Å². The molecule has 1 aliphatic heterocycles. The molecule has 1 aromatic heterocycles. The minimum Gasteiger partial charge on any atom is -0.311 e. The van der Waals surface area contributed by atoms with Crippen molar-refractivity contribution in [2.45, 2.75) is 38.9 Å². The number of aromatic nitrogens is 1. The van der Waals surface area contributed by atoms with Gasteiger partial charge in [0.1, 0.15) is 0 Å². The average molecular weight is 225 g/mol. The van der Waals surface area contributed by atoms with Gasteiger partial charge >= 0.3 is 0 Å². The lowest BCUT2D eigenvalue weighted by Gasteiger charge is -2.40. The highest BCUT2D eigenvalue weighted by atomic mass is 32.1. The van der Waals surface area contributed by atoms with E-state index in [1.165, 1.54) is 5.69 Å². The lowest BCUT2D eigenvalue weighted by molar-refractivity contribution is 0.102. The molecule has 1 aliphatic rings. The topological polar surface area (TPSA) is 28.2 Å². The number of hydrogen-bond acceptors (Lipinski definition) is 4. The Labute approximate surface area is 95.5 Å². The zero-order chi connectivity index (χ0) is 10.8. The van der Waals surface area contributed by atoms with Crippen LogP contribution in [0.5, 0.6) is 0 Å². The molecular weight excluding hydrogens is 206 g/mol. The zero-order valence-corrected chi connectivity index (χ0v) is 10.4. The molecule has 84 valence electrons. The molecule has 0 aliphatic carbocycles. The number of nitrogens with zero attached hydrogens (tertiary/aromatic N) is 2. The van der Waals surface area contributed by atoms with E-state index >= 15 is 0 Å². The van der Waals surface area contributed by atoms with Crippen molar-refractivity contribution in [3.63, 3.8) is 0 Å². The number of hydrogen-bond donors (Lipinski definition) is 1. The quantitative estimate of drug-likeness (QED) is 0.833. The standard InChI is InChI=1S/C11H19N3S/c1-8-5-14(9(2)4-12-8)10(3)11-6-15-7-13-11/h6-10,12H,4-5H2,1-3H3. The van der Waals surface area contributed by atoms with Crippen LogP contribution in [0, 0.1) is 0 Å². The Hall–Kier alpha value is -0.450. The molecule has 3 nitrogen and oxygen atoms in total. The maximum absolute atomic E-state index is 4.41. The van der Waals surface area contributed by atoms with Gasteiger partial charge in [0.15, 0.2) is 0 Å². The predicted octanol–water partition coefficient (Wildman–Crippen LogP) is 1.89. The molecule has 2 heterocycles. The Morgan fingerprint density at radius 3 is 3.07 bits per heavy atom. The molecule has 1 aromatic rings. The molecule has 1 saturated heterocycles. The van der Waals surface area contributed by atoms with E-state index in [4.69, 9.17) is 0 Å². The molecule has 0 aromatic carbocycles. The van der Waals surface area contributed by atoms with Crippen LogP contribution in [0.15, 0.2) is 10.9 Å². The average Bonchev–Trinajstić information content (AvgIpc) is 2.74. The van der Waals surface area contributed by atoms with E-state index in [0.29, 0.717) is 18.1 Å². The third-order valence-electron chi connectivity index (χ3n) is 3.19. The van der Waals surface area contributed by atoms with Crippen molar-refractivity contribution in [2.75, 3.05) is 13.1 Å². The number of thiazole rings is 1. The van der Waals surface area contributed by atoms with E-state index < -0.39 is 0 Å². The van der Waals surface area contributed by atoms with Crippen LogP contribution in [-0.4, -0.2) is 35.1 Å². The van der Waals surface area contributed by atoms with Gasteiger partial charge < -0.3 is 5.32 Å². The molecule has 15 heavy (non-hydrogen) atoms. The lowest BCUT2D eigenvalue weighted by atomic mass is 10.1. The first-order valence-corrected chi connectivity index (χ1v) is 6.50. The van der Waals surface area contributed by atoms with Crippen LogP contribution in [0.25, 0.3) is 0 Å². The molecule has 0 amide bonds. The summed E-state index contributed by atoms with van der Waals surface area (Å²) in [6.07, 6.45) is 0. The second-order valence-corrected chi connectivity index (χ2v) is 5.16. The summed E-state index contributed by atoms with van der Waals surface area (Å²) in [4.78, 5) is 6.95. The largest absolute Gasteiger partial charge is 0.311 e. The first-order chi connectivity index (χ1) is 7.18. The van der Waals surface area contributed by atoms with Gasteiger partial charge in [0.25, 0.3) is 0 Å². The summed E-state index contributed by atoms with van der Waals surface area (Å²) in [5, 5.41) is 5.66. The SMILES string of the molecule is CC1CN(C(C)c2cscn2)C(C)CN1. The van der Waals surface area contributed by atoms with E-state index in [9.17, 15) is 0 Å². The summed E-state index contributed by atoms with van der Waals surface area (Å²) in [5.41, 5.74) is 3.13. The zero-order valence-electron chi connectivity index (χ0n) is 9.60. The van der Waals surface area contributed by atoms with Gasteiger partial charge in [0.05, 0.1) is 17.2 Å². The maximum atomic E-state index is 4.41. The third kappa shape index (κ3) is 2.38. The van der Waals surface area contributed by atoms with Crippen LogP contribution < -0.4 is 5.32 Å². The Balaban J connectivity index is 2.08. The summed E-state index contributed by atoms with van der Waals surface area (Å²) in [6.45, 7) is 8.97. The van der Waals surface area contributed by atoms with E-state index in [1.54, 1.807) is 11.3 Å². The smallest absolute Gasteiger partial charge is 0.0795 e. The summed E-state index contributed by atoms with van der Waals surface area (Å²) in [6, 6.07) is 1.62. The molecule has 0 spiro atoms. The second kappa shape index (κ2) is 4.60. The Bertz CT molecular complexity index is 299. The maximum Gasteiger partial charge on any atom is 0.0795 e. The summed E-state index contributed by atoms with van der Waals surface area (Å²) in [5.74, 6) is 0. The summed E-state index contributed by atoms with van der Waals surface area (Å²) >= 11 is 1.68. The molecule has 0 bridgehead atoms. The highest BCUT2D eigenvalue weighted by molar-refractivity contribution is 7.07. The van der Waals surface area contributed by atoms with Crippen LogP contribution in [0.3, 0.4) is 0 Å². The van der Waals surface area contributed by atoms with E-state index in [0.717, 1.165) is 13.1 Å². The van der Waals surface area contributed by atoms with Gasteiger partial charge in [0.2, 0.25) is 0 Å². The fourth-order valence-electron chi connectivity index (χ4n) is 2.19. The fraction of sp³-hybridized carbons (Fsp3) is 0.727. The van der Waals surface area contributed by atoms with Gasteiger partial charge in [-0.3, -0.25) is 4.90 Å². The monoisotopic (exact) mass is 225 g/mol. The first-order valence-electron chi connectivity index (χ1n) is 5.55. The van der Waals surface area contributed by atoms with Gasteiger partial charge in [-0.05, 0) is 20.8 Å². The highest BCUT2D eigenvalue weighted by Crippen LogP contribution is 2.23. The van der Waals surface area contributed by atoms with E-state index in [2.05, 4.69) is 41.4 Å². The summed E-state index contributed by atoms with van der Waals surface area (Å²) < 4.78 is 0. The van der Waals surface area contributed by atoms with Crippen molar-refractivity contribution >= 4 is 11.3 Å². The van der Waals surface area contributed by atoms with Gasteiger partial charge in [-0.15, -0.1) is 11.3 Å². The van der Waals surface area contributed by atoms with Crippen molar-refractivity contribution in [3.8, 4) is 0 Å². The van der Waals surface area contributed by atoms with Crippen molar-refractivity contribution in [1.82, 2.24) is 15.2 Å². The predicted molar refractivity (Wildman–Crippen MR) is 64.2 cm³/mol. The van der Waals surface area contributed by atoms with Crippen LogP contribution in [-0.2, 0) is 0 Å². The summed E-state index contributed by atoms with van der Waals surface area (Å²) in [7, 11) is 0. The molecule has 3 atom stereocenters.